The Kier molecular flexibility index (Phi) is 5.73. The Morgan fingerprint density at radius 2 is 2.00 bits per heavy atom. The predicted molar refractivity (Wildman–Crippen MR) is 87.9 cm³/mol. The Balaban J connectivity index is 2.01. The van der Waals surface area contributed by atoms with Crippen molar-refractivity contribution < 1.29 is 19.2 Å². The fourth-order valence-electron chi connectivity index (χ4n) is 2.69. The third-order valence-electron chi connectivity index (χ3n) is 4.05. The van der Waals surface area contributed by atoms with E-state index in [9.17, 15) is 19.7 Å². The van der Waals surface area contributed by atoms with Crippen LogP contribution in [0.4, 0.5) is 11.4 Å². The van der Waals surface area contributed by atoms with Crippen LogP contribution in [0, 0.1) is 10.1 Å². The van der Waals surface area contributed by atoms with E-state index in [2.05, 4.69) is 10.6 Å². The van der Waals surface area contributed by atoms with E-state index in [0.717, 1.165) is 31.7 Å². The average molecular weight is 335 g/mol. The van der Waals surface area contributed by atoms with Crippen molar-refractivity contribution in [2.45, 2.75) is 44.8 Å². The monoisotopic (exact) mass is 335 g/mol. The molecule has 1 aromatic rings. The van der Waals surface area contributed by atoms with Gasteiger partial charge in [0, 0.05) is 19.2 Å². The number of nitro benzene ring substituents is 1. The van der Waals surface area contributed by atoms with Crippen molar-refractivity contribution in [3.8, 4) is 0 Å². The molecule has 1 atom stereocenters. The van der Waals surface area contributed by atoms with E-state index in [1.54, 1.807) is 7.05 Å². The van der Waals surface area contributed by atoms with Crippen LogP contribution in [0.1, 0.15) is 43.0 Å². The first-order valence-electron chi connectivity index (χ1n) is 7.90. The minimum Gasteiger partial charge on any atom is -0.449 e. The standard InChI is InChI=1S/C16H21N3O5/c1-10(15(20)18-12-5-3-4-6-12)24-16(21)11-7-8-13(17-2)14(9-11)19(22)23/h7-10,12,17H,3-6H2,1-2H3,(H,18,20)/t10-/m0/s1. The van der Waals surface area contributed by atoms with Gasteiger partial charge in [-0.3, -0.25) is 14.9 Å². The van der Waals surface area contributed by atoms with E-state index in [1.807, 2.05) is 0 Å². The molecule has 2 rings (SSSR count). The molecule has 0 spiro atoms. The molecule has 0 bridgehead atoms. The lowest BCUT2D eigenvalue weighted by Gasteiger charge is -2.17. The zero-order valence-corrected chi connectivity index (χ0v) is 13.7. The van der Waals surface area contributed by atoms with Gasteiger partial charge in [-0.1, -0.05) is 12.8 Å². The van der Waals surface area contributed by atoms with Crippen LogP contribution >= 0.6 is 0 Å². The number of hydrogen-bond acceptors (Lipinski definition) is 6. The number of nitro groups is 1. The molecule has 0 radical (unpaired) electrons. The number of carbonyl (C=O) groups is 2. The van der Waals surface area contributed by atoms with Crippen LogP contribution in [0.3, 0.4) is 0 Å². The van der Waals surface area contributed by atoms with Gasteiger partial charge in [0.2, 0.25) is 0 Å². The zero-order valence-electron chi connectivity index (χ0n) is 13.7. The Hall–Kier alpha value is -2.64. The van der Waals surface area contributed by atoms with Crippen molar-refractivity contribution >= 4 is 23.3 Å². The topological polar surface area (TPSA) is 111 Å². The minimum absolute atomic E-state index is 0.0289. The van der Waals surface area contributed by atoms with Crippen LogP contribution in [-0.4, -0.2) is 36.0 Å². The van der Waals surface area contributed by atoms with Crippen LogP contribution in [0.15, 0.2) is 18.2 Å². The normalized spacial score (nSPS) is 15.6. The van der Waals surface area contributed by atoms with Crippen LogP contribution in [-0.2, 0) is 9.53 Å². The second-order valence-electron chi connectivity index (χ2n) is 5.78. The number of carbonyl (C=O) groups excluding carboxylic acids is 2. The summed E-state index contributed by atoms with van der Waals surface area (Å²) in [4.78, 5) is 34.6. The van der Waals surface area contributed by atoms with Crippen LogP contribution in [0.2, 0.25) is 0 Å². The number of hydrogen-bond donors (Lipinski definition) is 2. The van der Waals surface area contributed by atoms with Gasteiger partial charge in [-0.2, -0.15) is 0 Å². The number of anilines is 1. The van der Waals surface area contributed by atoms with E-state index < -0.39 is 17.0 Å². The highest BCUT2D eigenvalue weighted by Crippen LogP contribution is 2.25. The molecular formula is C16H21N3O5. The number of nitrogens with one attached hydrogen (secondary N) is 2. The molecule has 0 aliphatic heterocycles. The van der Waals surface area contributed by atoms with E-state index in [0.29, 0.717) is 5.69 Å². The lowest BCUT2D eigenvalue weighted by Crippen LogP contribution is -2.40. The first kappa shape index (κ1) is 17.7. The summed E-state index contributed by atoms with van der Waals surface area (Å²) in [6.45, 7) is 1.48. The fourth-order valence-corrected chi connectivity index (χ4v) is 2.69. The first-order valence-corrected chi connectivity index (χ1v) is 7.90. The molecule has 1 fully saturated rings. The molecule has 1 saturated carbocycles. The number of ether oxygens (including phenoxy) is 1. The number of rotatable bonds is 6. The quantitative estimate of drug-likeness (QED) is 0.468. The molecule has 24 heavy (non-hydrogen) atoms. The van der Waals surface area contributed by atoms with Gasteiger partial charge in [-0.05, 0) is 31.9 Å². The Morgan fingerprint density at radius 1 is 1.33 bits per heavy atom. The molecule has 0 aromatic heterocycles. The maximum atomic E-state index is 12.1. The van der Waals surface area contributed by atoms with Gasteiger partial charge in [0.15, 0.2) is 6.10 Å². The van der Waals surface area contributed by atoms with Gasteiger partial charge < -0.3 is 15.4 Å². The molecule has 1 aliphatic rings. The van der Waals surface area contributed by atoms with Crippen molar-refractivity contribution in [3.05, 3.63) is 33.9 Å². The summed E-state index contributed by atoms with van der Waals surface area (Å²) in [5.74, 6) is -1.12. The number of benzene rings is 1. The van der Waals surface area contributed by atoms with Crippen molar-refractivity contribution in [2.24, 2.45) is 0 Å². The summed E-state index contributed by atoms with van der Waals surface area (Å²) >= 11 is 0. The second-order valence-corrected chi connectivity index (χ2v) is 5.78. The van der Waals surface area contributed by atoms with Gasteiger partial charge in [-0.25, -0.2) is 4.79 Å². The van der Waals surface area contributed by atoms with Gasteiger partial charge in [0.1, 0.15) is 5.69 Å². The highest BCUT2D eigenvalue weighted by atomic mass is 16.6. The van der Waals surface area contributed by atoms with E-state index in [1.165, 1.54) is 19.1 Å². The van der Waals surface area contributed by atoms with E-state index >= 15 is 0 Å². The lowest BCUT2D eigenvalue weighted by molar-refractivity contribution is -0.384. The average Bonchev–Trinajstić information content (AvgIpc) is 3.06. The Morgan fingerprint density at radius 3 is 2.58 bits per heavy atom. The third kappa shape index (κ3) is 4.21. The van der Waals surface area contributed by atoms with E-state index in [-0.39, 0.29) is 23.2 Å². The summed E-state index contributed by atoms with van der Waals surface area (Å²) in [5.41, 5.74) is 0.0970. The van der Waals surface area contributed by atoms with Crippen molar-refractivity contribution in [1.82, 2.24) is 5.32 Å². The molecule has 0 heterocycles. The molecule has 1 aliphatic carbocycles. The highest BCUT2D eigenvalue weighted by Gasteiger charge is 2.24. The summed E-state index contributed by atoms with van der Waals surface area (Å²) in [6, 6.07) is 4.12. The Labute approximate surface area is 139 Å². The molecular weight excluding hydrogens is 314 g/mol. The SMILES string of the molecule is CNc1ccc(C(=O)O[C@@H](C)C(=O)NC2CCCC2)cc1[N+](=O)[O-]. The molecule has 2 N–H and O–H groups in total. The van der Waals surface area contributed by atoms with Gasteiger partial charge in [-0.15, -0.1) is 0 Å². The van der Waals surface area contributed by atoms with Crippen molar-refractivity contribution in [1.29, 1.82) is 0 Å². The minimum atomic E-state index is -0.957. The van der Waals surface area contributed by atoms with Crippen LogP contribution in [0.25, 0.3) is 0 Å². The first-order chi connectivity index (χ1) is 11.4. The van der Waals surface area contributed by atoms with E-state index in [4.69, 9.17) is 4.74 Å². The largest absolute Gasteiger partial charge is 0.449 e. The maximum Gasteiger partial charge on any atom is 0.339 e. The summed E-state index contributed by atoms with van der Waals surface area (Å²) in [5, 5.41) is 16.6. The molecule has 1 amide bonds. The van der Waals surface area contributed by atoms with Crippen molar-refractivity contribution in [2.75, 3.05) is 12.4 Å². The highest BCUT2D eigenvalue weighted by molar-refractivity contribution is 5.93. The summed E-state index contributed by atoms with van der Waals surface area (Å²) < 4.78 is 5.12. The molecule has 8 heteroatoms. The second kappa shape index (κ2) is 7.76. The molecule has 0 unspecified atom stereocenters. The van der Waals surface area contributed by atoms with Gasteiger partial charge >= 0.3 is 5.97 Å². The third-order valence-corrected chi connectivity index (χ3v) is 4.05. The zero-order chi connectivity index (χ0) is 17.7. The van der Waals surface area contributed by atoms with Gasteiger partial charge in [0.25, 0.3) is 11.6 Å². The fraction of sp³-hybridized carbons (Fsp3) is 0.500. The molecule has 130 valence electrons. The molecule has 0 saturated heterocycles. The number of esters is 1. The predicted octanol–water partition coefficient (Wildman–Crippen LogP) is 2.24. The number of amides is 1. The number of nitrogens with zero attached hydrogens (tertiary/aromatic N) is 1. The summed E-state index contributed by atoms with van der Waals surface area (Å²) in [7, 11) is 1.55. The Bertz CT molecular complexity index is 641. The van der Waals surface area contributed by atoms with Crippen LogP contribution in [0.5, 0.6) is 0 Å². The molecule has 1 aromatic carbocycles. The maximum absolute atomic E-state index is 12.1. The van der Waals surface area contributed by atoms with Gasteiger partial charge in [0.05, 0.1) is 10.5 Å². The smallest absolute Gasteiger partial charge is 0.339 e. The lowest BCUT2D eigenvalue weighted by atomic mass is 10.1. The molecule has 8 nitrogen and oxygen atoms in total. The summed E-state index contributed by atoms with van der Waals surface area (Å²) in [6.07, 6.45) is 3.08. The van der Waals surface area contributed by atoms with Crippen LogP contribution < -0.4 is 10.6 Å². The van der Waals surface area contributed by atoms with Crippen molar-refractivity contribution in [3.63, 3.8) is 0 Å².